The number of methoxy groups -OCH3 is 1. The minimum absolute atomic E-state index is 0.147. The molecular formula is C21H20N4O4. The van der Waals surface area contributed by atoms with Crippen LogP contribution in [0.15, 0.2) is 46.0 Å². The van der Waals surface area contributed by atoms with Crippen molar-refractivity contribution in [3.8, 4) is 5.69 Å². The molecule has 4 aromatic rings. The SMILES string of the molecule is COC(=O)c1cc(Cn2cnc3c(cnn3-c3cc(C)cc(C)c3)c2=O)oc1C. The summed E-state index contributed by atoms with van der Waals surface area (Å²) in [5.74, 6) is 0.428. The highest BCUT2D eigenvalue weighted by molar-refractivity contribution is 5.90. The molecule has 0 N–H and O–H groups in total. The van der Waals surface area contributed by atoms with Gasteiger partial charge in [0.2, 0.25) is 0 Å². The van der Waals surface area contributed by atoms with Crippen molar-refractivity contribution >= 4 is 17.0 Å². The molecule has 0 saturated carbocycles. The molecule has 0 aliphatic rings. The molecule has 3 heterocycles. The molecule has 0 bridgehead atoms. The first-order valence-corrected chi connectivity index (χ1v) is 9.07. The first kappa shape index (κ1) is 18.7. The summed E-state index contributed by atoms with van der Waals surface area (Å²) in [6.07, 6.45) is 2.98. The quantitative estimate of drug-likeness (QED) is 0.496. The largest absolute Gasteiger partial charge is 0.465 e. The van der Waals surface area contributed by atoms with Gasteiger partial charge in [0.05, 0.1) is 25.5 Å². The van der Waals surface area contributed by atoms with E-state index in [2.05, 4.69) is 16.1 Å². The predicted octanol–water partition coefficient (Wildman–Crippen LogP) is 2.94. The molecular weight excluding hydrogens is 372 g/mol. The zero-order valence-corrected chi connectivity index (χ0v) is 16.6. The van der Waals surface area contributed by atoms with Crippen molar-refractivity contribution in [2.45, 2.75) is 27.3 Å². The van der Waals surface area contributed by atoms with Gasteiger partial charge in [-0.15, -0.1) is 0 Å². The Balaban J connectivity index is 1.73. The molecule has 0 saturated heterocycles. The summed E-state index contributed by atoms with van der Waals surface area (Å²) in [5.41, 5.74) is 3.65. The van der Waals surface area contributed by atoms with Gasteiger partial charge in [-0.05, 0) is 50.1 Å². The van der Waals surface area contributed by atoms with Crippen LogP contribution in [0.5, 0.6) is 0 Å². The second-order valence-corrected chi connectivity index (χ2v) is 6.99. The molecule has 0 atom stereocenters. The number of furan rings is 1. The van der Waals surface area contributed by atoms with E-state index in [1.807, 2.05) is 26.0 Å². The van der Waals surface area contributed by atoms with Crippen LogP contribution in [0, 0.1) is 20.8 Å². The summed E-state index contributed by atoms with van der Waals surface area (Å²) < 4.78 is 13.4. The van der Waals surface area contributed by atoms with Gasteiger partial charge < -0.3 is 9.15 Å². The number of rotatable bonds is 4. The van der Waals surface area contributed by atoms with Crippen molar-refractivity contribution in [3.63, 3.8) is 0 Å². The van der Waals surface area contributed by atoms with Gasteiger partial charge in [-0.2, -0.15) is 5.10 Å². The number of carbonyl (C=O) groups is 1. The lowest BCUT2D eigenvalue weighted by Gasteiger charge is -2.07. The van der Waals surface area contributed by atoms with E-state index in [-0.39, 0.29) is 12.1 Å². The first-order valence-electron chi connectivity index (χ1n) is 9.07. The lowest BCUT2D eigenvalue weighted by molar-refractivity contribution is 0.0599. The number of hydrogen-bond donors (Lipinski definition) is 0. The molecule has 4 rings (SSSR count). The van der Waals surface area contributed by atoms with Crippen LogP contribution in [-0.4, -0.2) is 32.4 Å². The van der Waals surface area contributed by atoms with Gasteiger partial charge in [-0.1, -0.05) is 6.07 Å². The molecule has 1 aromatic carbocycles. The molecule has 29 heavy (non-hydrogen) atoms. The van der Waals surface area contributed by atoms with E-state index in [4.69, 9.17) is 9.15 Å². The molecule has 0 fully saturated rings. The number of nitrogens with zero attached hydrogens (tertiary/aromatic N) is 4. The van der Waals surface area contributed by atoms with Crippen LogP contribution in [0.4, 0.5) is 0 Å². The van der Waals surface area contributed by atoms with Crippen LogP contribution in [0.1, 0.15) is 33.0 Å². The first-order chi connectivity index (χ1) is 13.9. The van der Waals surface area contributed by atoms with E-state index < -0.39 is 5.97 Å². The fourth-order valence-electron chi connectivity index (χ4n) is 3.43. The highest BCUT2D eigenvalue weighted by Gasteiger charge is 2.17. The van der Waals surface area contributed by atoms with Gasteiger partial charge in [0.1, 0.15) is 28.8 Å². The topological polar surface area (TPSA) is 92.2 Å². The van der Waals surface area contributed by atoms with Crippen molar-refractivity contribution in [3.05, 3.63) is 75.4 Å². The summed E-state index contributed by atoms with van der Waals surface area (Å²) in [5, 5.41) is 4.77. The van der Waals surface area contributed by atoms with Gasteiger partial charge in [0, 0.05) is 0 Å². The highest BCUT2D eigenvalue weighted by atomic mass is 16.5. The molecule has 0 aliphatic carbocycles. The normalized spacial score (nSPS) is 11.2. The van der Waals surface area contributed by atoms with Crippen LogP contribution in [-0.2, 0) is 11.3 Å². The Labute approximate surface area is 166 Å². The summed E-state index contributed by atoms with van der Waals surface area (Å²) in [7, 11) is 1.31. The van der Waals surface area contributed by atoms with Crippen LogP contribution in [0.25, 0.3) is 16.7 Å². The number of ether oxygens (including phenoxy) is 1. The molecule has 0 radical (unpaired) electrons. The van der Waals surface area contributed by atoms with Gasteiger partial charge in [0.25, 0.3) is 5.56 Å². The summed E-state index contributed by atoms with van der Waals surface area (Å²) in [4.78, 5) is 29.1. The van der Waals surface area contributed by atoms with Gasteiger partial charge >= 0.3 is 5.97 Å². The molecule has 0 unspecified atom stereocenters. The van der Waals surface area contributed by atoms with E-state index in [1.54, 1.807) is 17.7 Å². The Bertz CT molecular complexity index is 1280. The van der Waals surface area contributed by atoms with Gasteiger partial charge in [-0.3, -0.25) is 9.36 Å². The third-order valence-electron chi connectivity index (χ3n) is 4.71. The fourth-order valence-corrected chi connectivity index (χ4v) is 3.43. The number of aryl methyl sites for hydroxylation is 3. The van der Waals surface area contributed by atoms with Crippen LogP contribution >= 0.6 is 0 Å². The van der Waals surface area contributed by atoms with Crippen LogP contribution in [0.3, 0.4) is 0 Å². The Hall–Kier alpha value is -3.68. The summed E-state index contributed by atoms with van der Waals surface area (Å²) in [6.45, 7) is 5.84. The fraction of sp³-hybridized carbons (Fsp3) is 0.238. The lowest BCUT2D eigenvalue weighted by atomic mass is 10.1. The summed E-state index contributed by atoms with van der Waals surface area (Å²) in [6, 6.07) is 7.64. The number of hydrogen-bond acceptors (Lipinski definition) is 6. The van der Waals surface area contributed by atoms with E-state index in [0.29, 0.717) is 28.1 Å². The monoisotopic (exact) mass is 392 g/mol. The minimum atomic E-state index is -0.479. The van der Waals surface area contributed by atoms with Crippen molar-refractivity contribution < 1.29 is 13.9 Å². The van der Waals surface area contributed by atoms with Gasteiger partial charge in [0.15, 0.2) is 5.65 Å². The highest BCUT2D eigenvalue weighted by Crippen LogP contribution is 2.19. The Kier molecular flexibility index (Phi) is 4.54. The van der Waals surface area contributed by atoms with Crippen LogP contribution < -0.4 is 5.56 Å². The smallest absolute Gasteiger partial charge is 0.341 e. The van der Waals surface area contributed by atoms with Crippen molar-refractivity contribution in [2.24, 2.45) is 0 Å². The summed E-state index contributed by atoms with van der Waals surface area (Å²) >= 11 is 0. The molecule has 8 nitrogen and oxygen atoms in total. The zero-order valence-electron chi connectivity index (χ0n) is 16.6. The number of carbonyl (C=O) groups excluding carboxylic acids is 1. The van der Waals surface area contributed by atoms with E-state index in [0.717, 1.165) is 16.8 Å². The van der Waals surface area contributed by atoms with Crippen molar-refractivity contribution in [1.29, 1.82) is 0 Å². The number of benzene rings is 1. The average Bonchev–Trinajstić information content (AvgIpc) is 3.26. The van der Waals surface area contributed by atoms with Gasteiger partial charge in [-0.25, -0.2) is 14.5 Å². The third kappa shape index (κ3) is 3.33. The van der Waals surface area contributed by atoms with Crippen LogP contribution in [0.2, 0.25) is 0 Å². The molecule has 0 amide bonds. The predicted molar refractivity (Wildman–Crippen MR) is 106 cm³/mol. The maximum Gasteiger partial charge on any atom is 0.341 e. The Morgan fingerprint density at radius 1 is 1.14 bits per heavy atom. The standard InChI is InChI=1S/C21H20N4O4/c1-12-5-13(2)7-15(6-12)25-19-18(9-23-25)20(26)24(11-22-19)10-16-8-17(14(3)29-16)21(27)28-4/h5-9,11H,10H2,1-4H3. The number of fused-ring (bicyclic) bond motifs is 1. The third-order valence-corrected chi connectivity index (χ3v) is 4.71. The average molecular weight is 392 g/mol. The number of esters is 1. The maximum atomic E-state index is 12.9. The van der Waals surface area contributed by atoms with Crippen molar-refractivity contribution in [1.82, 2.24) is 19.3 Å². The lowest BCUT2D eigenvalue weighted by Crippen LogP contribution is -2.21. The Morgan fingerprint density at radius 3 is 2.55 bits per heavy atom. The molecule has 0 spiro atoms. The second kappa shape index (κ2) is 7.05. The zero-order chi connectivity index (χ0) is 20.7. The van der Waals surface area contributed by atoms with E-state index in [9.17, 15) is 9.59 Å². The molecule has 0 aliphatic heterocycles. The second-order valence-electron chi connectivity index (χ2n) is 6.99. The number of aromatic nitrogens is 4. The van der Waals surface area contributed by atoms with E-state index in [1.165, 1.54) is 24.2 Å². The maximum absolute atomic E-state index is 12.9. The van der Waals surface area contributed by atoms with Crippen molar-refractivity contribution in [2.75, 3.05) is 7.11 Å². The Morgan fingerprint density at radius 2 is 1.86 bits per heavy atom. The molecule has 148 valence electrons. The molecule has 3 aromatic heterocycles. The minimum Gasteiger partial charge on any atom is -0.465 e. The van der Waals surface area contributed by atoms with E-state index >= 15 is 0 Å². The molecule has 8 heteroatoms.